The van der Waals surface area contributed by atoms with E-state index < -0.39 is 11.6 Å². The molecule has 1 aliphatic carbocycles. The molecule has 1 unspecified atom stereocenters. The normalized spacial score (nSPS) is 16.4. The molecular weight excluding hydrogens is 335 g/mol. The SMILES string of the molecule is COC(=O)CC(=O)CC(O)(CCC#Cc1ccc(F)cc1)C1CCCC1. The van der Waals surface area contributed by atoms with Crippen LogP contribution in [0.25, 0.3) is 0 Å². The highest BCUT2D eigenvalue weighted by molar-refractivity contribution is 5.95. The highest BCUT2D eigenvalue weighted by Crippen LogP contribution is 2.39. The number of halogens is 1. The second-order valence-corrected chi connectivity index (χ2v) is 6.86. The number of esters is 1. The van der Waals surface area contributed by atoms with Gasteiger partial charge in [-0.05, 0) is 49.4 Å². The Morgan fingerprint density at radius 3 is 2.54 bits per heavy atom. The maximum Gasteiger partial charge on any atom is 0.313 e. The summed E-state index contributed by atoms with van der Waals surface area (Å²) in [6.45, 7) is 0. The van der Waals surface area contributed by atoms with E-state index in [1.54, 1.807) is 12.1 Å². The van der Waals surface area contributed by atoms with Gasteiger partial charge in [0.1, 0.15) is 18.0 Å². The van der Waals surface area contributed by atoms with Crippen LogP contribution in [-0.4, -0.2) is 29.6 Å². The van der Waals surface area contributed by atoms with Crippen molar-refractivity contribution >= 4 is 11.8 Å². The van der Waals surface area contributed by atoms with E-state index in [1.807, 2.05) is 0 Å². The molecular formula is C21H25FO4. The van der Waals surface area contributed by atoms with Gasteiger partial charge in [-0.3, -0.25) is 9.59 Å². The van der Waals surface area contributed by atoms with E-state index >= 15 is 0 Å². The van der Waals surface area contributed by atoms with Gasteiger partial charge >= 0.3 is 5.97 Å². The number of carbonyl (C=O) groups excluding carboxylic acids is 2. The second-order valence-electron chi connectivity index (χ2n) is 6.86. The number of Topliss-reactive ketones (excluding diaryl/α,β-unsaturated/α-hetero) is 1. The van der Waals surface area contributed by atoms with Crippen molar-refractivity contribution in [3.05, 3.63) is 35.6 Å². The molecule has 0 saturated heterocycles. The summed E-state index contributed by atoms with van der Waals surface area (Å²) in [5, 5.41) is 11.1. The first-order valence-electron chi connectivity index (χ1n) is 8.98. The van der Waals surface area contributed by atoms with Crippen molar-refractivity contribution in [1.29, 1.82) is 0 Å². The van der Waals surface area contributed by atoms with E-state index in [9.17, 15) is 19.1 Å². The first-order valence-corrected chi connectivity index (χ1v) is 8.98. The molecule has 1 aromatic rings. The zero-order valence-corrected chi connectivity index (χ0v) is 15.1. The molecule has 26 heavy (non-hydrogen) atoms. The number of hydrogen-bond donors (Lipinski definition) is 1. The fourth-order valence-electron chi connectivity index (χ4n) is 3.51. The molecule has 1 saturated carbocycles. The molecule has 1 N–H and O–H groups in total. The lowest BCUT2D eigenvalue weighted by molar-refractivity contribution is -0.144. The summed E-state index contributed by atoms with van der Waals surface area (Å²) in [6.07, 6.45) is 4.28. The molecule has 0 bridgehead atoms. The average Bonchev–Trinajstić information content (AvgIpc) is 3.15. The molecule has 0 heterocycles. The van der Waals surface area contributed by atoms with E-state index in [4.69, 9.17) is 0 Å². The predicted octanol–water partition coefficient (Wildman–Crippen LogP) is 3.40. The van der Waals surface area contributed by atoms with Gasteiger partial charge in [-0.1, -0.05) is 24.7 Å². The lowest BCUT2D eigenvalue weighted by Crippen LogP contribution is -2.39. The molecule has 4 nitrogen and oxygen atoms in total. The van der Waals surface area contributed by atoms with Gasteiger partial charge in [0.15, 0.2) is 0 Å². The van der Waals surface area contributed by atoms with E-state index in [0.717, 1.165) is 25.7 Å². The number of ether oxygens (including phenoxy) is 1. The smallest absolute Gasteiger partial charge is 0.313 e. The van der Waals surface area contributed by atoms with Crippen LogP contribution in [0.1, 0.15) is 56.9 Å². The lowest BCUT2D eigenvalue weighted by Gasteiger charge is -2.33. The second kappa shape index (κ2) is 9.49. The van der Waals surface area contributed by atoms with Gasteiger partial charge in [0, 0.05) is 18.4 Å². The number of hydrogen-bond acceptors (Lipinski definition) is 4. The molecule has 1 aromatic carbocycles. The van der Waals surface area contributed by atoms with Crippen LogP contribution in [0.15, 0.2) is 24.3 Å². The molecule has 1 atom stereocenters. The Morgan fingerprint density at radius 2 is 1.92 bits per heavy atom. The van der Waals surface area contributed by atoms with Crippen LogP contribution in [-0.2, 0) is 14.3 Å². The number of ketones is 1. The van der Waals surface area contributed by atoms with Crippen molar-refractivity contribution in [3.63, 3.8) is 0 Å². The molecule has 2 rings (SSSR count). The van der Waals surface area contributed by atoms with Gasteiger partial charge in [-0.2, -0.15) is 0 Å². The van der Waals surface area contributed by atoms with Crippen LogP contribution in [0.4, 0.5) is 4.39 Å². The predicted molar refractivity (Wildman–Crippen MR) is 95.7 cm³/mol. The fraction of sp³-hybridized carbons (Fsp3) is 0.524. The minimum atomic E-state index is -1.14. The number of aliphatic hydroxyl groups is 1. The van der Waals surface area contributed by atoms with Crippen LogP contribution in [0.5, 0.6) is 0 Å². The summed E-state index contributed by atoms with van der Waals surface area (Å²) < 4.78 is 17.4. The average molecular weight is 360 g/mol. The van der Waals surface area contributed by atoms with Crippen molar-refractivity contribution < 1.29 is 23.8 Å². The third-order valence-electron chi connectivity index (χ3n) is 4.95. The molecule has 0 spiro atoms. The third kappa shape index (κ3) is 5.96. The van der Waals surface area contributed by atoms with Crippen molar-refractivity contribution in [2.24, 2.45) is 5.92 Å². The Balaban J connectivity index is 1.99. The Hall–Kier alpha value is -2.19. The number of benzene rings is 1. The topological polar surface area (TPSA) is 63.6 Å². The van der Waals surface area contributed by atoms with E-state index in [2.05, 4.69) is 16.6 Å². The van der Waals surface area contributed by atoms with E-state index in [0.29, 0.717) is 18.4 Å². The summed E-state index contributed by atoms with van der Waals surface area (Å²) >= 11 is 0. The minimum absolute atomic E-state index is 0.0506. The summed E-state index contributed by atoms with van der Waals surface area (Å²) in [5.74, 6) is 4.78. The lowest BCUT2D eigenvalue weighted by atomic mass is 9.78. The Labute approximate surface area is 153 Å². The summed E-state index contributed by atoms with van der Waals surface area (Å²) in [6, 6.07) is 5.91. The molecule has 0 amide bonds. The van der Waals surface area contributed by atoms with E-state index in [1.165, 1.54) is 19.2 Å². The highest BCUT2D eigenvalue weighted by atomic mass is 19.1. The highest BCUT2D eigenvalue weighted by Gasteiger charge is 2.39. The van der Waals surface area contributed by atoms with Crippen LogP contribution < -0.4 is 0 Å². The quantitative estimate of drug-likeness (QED) is 0.460. The van der Waals surface area contributed by atoms with Crippen molar-refractivity contribution in [2.75, 3.05) is 7.11 Å². The van der Waals surface area contributed by atoms with Crippen LogP contribution in [0, 0.1) is 23.6 Å². The molecule has 0 radical (unpaired) electrons. The monoisotopic (exact) mass is 360 g/mol. The van der Waals surface area contributed by atoms with Gasteiger partial charge in [0.25, 0.3) is 0 Å². The van der Waals surface area contributed by atoms with Gasteiger partial charge in [-0.25, -0.2) is 4.39 Å². The third-order valence-corrected chi connectivity index (χ3v) is 4.95. The fourth-order valence-corrected chi connectivity index (χ4v) is 3.51. The van der Waals surface area contributed by atoms with Crippen LogP contribution in [0.3, 0.4) is 0 Å². The minimum Gasteiger partial charge on any atom is -0.469 e. The van der Waals surface area contributed by atoms with Crippen LogP contribution >= 0.6 is 0 Å². The van der Waals surface area contributed by atoms with Crippen LogP contribution in [0.2, 0.25) is 0 Å². The zero-order chi connectivity index (χ0) is 19.0. The first kappa shape index (κ1) is 20.1. The summed E-state index contributed by atoms with van der Waals surface area (Å²) in [7, 11) is 1.24. The largest absolute Gasteiger partial charge is 0.469 e. The Bertz CT molecular complexity index is 680. The number of rotatable bonds is 7. The zero-order valence-electron chi connectivity index (χ0n) is 15.1. The summed E-state index contributed by atoms with van der Waals surface area (Å²) in [4.78, 5) is 23.4. The standard InChI is InChI=1S/C21H25FO4/c1-26-20(24)14-19(23)15-21(25,17-7-2-3-8-17)13-5-4-6-16-9-11-18(22)12-10-16/h9-12,17,25H,2-3,5,7-8,13-15H2,1H3. The number of carbonyl (C=O) groups is 2. The molecule has 0 aliphatic heterocycles. The van der Waals surface area contributed by atoms with E-state index in [-0.39, 0.29) is 30.4 Å². The van der Waals surface area contributed by atoms with Gasteiger partial charge in [0.05, 0.1) is 12.7 Å². The molecule has 1 fully saturated rings. The maximum absolute atomic E-state index is 12.9. The van der Waals surface area contributed by atoms with Gasteiger partial charge in [0.2, 0.25) is 0 Å². The molecule has 1 aliphatic rings. The summed E-state index contributed by atoms with van der Waals surface area (Å²) in [5.41, 5.74) is -0.434. The Kier molecular flexibility index (Phi) is 7.35. The van der Waals surface area contributed by atoms with Gasteiger partial charge in [-0.15, -0.1) is 0 Å². The van der Waals surface area contributed by atoms with Crippen molar-refractivity contribution in [2.45, 2.75) is 57.0 Å². The number of methoxy groups -OCH3 is 1. The molecule has 5 heteroatoms. The molecule has 140 valence electrons. The Morgan fingerprint density at radius 1 is 1.27 bits per heavy atom. The van der Waals surface area contributed by atoms with Crippen molar-refractivity contribution in [1.82, 2.24) is 0 Å². The van der Waals surface area contributed by atoms with Crippen molar-refractivity contribution in [3.8, 4) is 11.8 Å². The first-order chi connectivity index (χ1) is 12.4. The maximum atomic E-state index is 12.9. The van der Waals surface area contributed by atoms with Gasteiger partial charge < -0.3 is 9.84 Å². The molecule has 0 aromatic heterocycles.